The molecule has 32 heavy (non-hydrogen) atoms. The van der Waals surface area contributed by atoms with Gasteiger partial charge in [-0.1, -0.05) is 50.2 Å². The fourth-order valence-corrected chi connectivity index (χ4v) is 3.85. The molecule has 2 heterocycles. The van der Waals surface area contributed by atoms with Gasteiger partial charge in [0.2, 0.25) is 0 Å². The topological polar surface area (TPSA) is 50.7 Å². The lowest BCUT2D eigenvalue weighted by molar-refractivity contribution is -0.137. The number of hydrogen-bond donors (Lipinski definition) is 1. The number of halogens is 3. The molecule has 4 rings (SSSR count). The summed E-state index contributed by atoms with van der Waals surface area (Å²) in [5.41, 5.74) is 1.28. The molecule has 0 spiro atoms. The molecule has 1 unspecified atom stereocenters. The van der Waals surface area contributed by atoms with Gasteiger partial charge in [0.15, 0.2) is 0 Å². The van der Waals surface area contributed by atoms with Gasteiger partial charge >= 0.3 is 6.18 Å². The Bertz CT molecular complexity index is 1210. The number of rotatable bonds is 6. The quantitative estimate of drug-likeness (QED) is 0.372. The fraction of sp³-hybridized carbons (Fsp3) is 0.240. The molecular weight excluding hydrogens is 413 g/mol. The number of aromatic nitrogens is 3. The Morgan fingerprint density at radius 2 is 1.69 bits per heavy atom. The lowest BCUT2D eigenvalue weighted by Crippen LogP contribution is -2.18. The molecular formula is C25H23F3N4. The van der Waals surface area contributed by atoms with Crippen LogP contribution in [0.1, 0.15) is 30.9 Å². The molecule has 2 aromatic heterocycles. The molecule has 2 aromatic carbocycles. The van der Waals surface area contributed by atoms with Crippen molar-refractivity contribution in [1.29, 1.82) is 0 Å². The third kappa shape index (κ3) is 4.56. The molecule has 1 N–H and O–H groups in total. The number of hydrogen-bond acceptors (Lipinski definition) is 4. The highest BCUT2D eigenvalue weighted by molar-refractivity contribution is 5.91. The van der Waals surface area contributed by atoms with E-state index in [0.717, 1.165) is 11.5 Å². The first-order valence-electron chi connectivity index (χ1n) is 10.4. The van der Waals surface area contributed by atoms with Crippen LogP contribution in [0, 0.1) is 5.92 Å². The molecule has 0 aliphatic rings. The van der Waals surface area contributed by atoms with Crippen LogP contribution in [0.15, 0.2) is 73.2 Å². The van der Waals surface area contributed by atoms with Crippen LogP contribution in [0.5, 0.6) is 0 Å². The maximum atomic E-state index is 13.4. The first-order chi connectivity index (χ1) is 15.3. The predicted octanol–water partition coefficient (Wildman–Crippen LogP) is 6.56. The Morgan fingerprint density at radius 1 is 0.906 bits per heavy atom. The average molecular weight is 436 g/mol. The van der Waals surface area contributed by atoms with E-state index in [1.54, 1.807) is 18.2 Å². The van der Waals surface area contributed by atoms with Gasteiger partial charge in [0.1, 0.15) is 12.1 Å². The first-order valence-corrected chi connectivity index (χ1v) is 10.4. The highest BCUT2D eigenvalue weighted by atomic mass is 19.4. The van der Waals surface area contributed by atoms with Crippen molar-refractivity contribution in [3.05, 3.63) is 84.3 Å². The summed E-state index contributed by atoms with van der Waals surface area (Å²) >= 11 is 0. The molecule has 0 radical (unpaired) electrons. The van der Waals surface area contributed by atoms with Crippen LogP contribution in [0.2, 0.25) is 0 Å². The summed E-state index contributed by atoms with van der Waals surface area (Å²) < 4.78 is 40.3. The molecule has 7 heteroatoms. The van der Waals surface area contributed by atoms with E-state index in [2.05, 4.69) is 46.2 Å². The molecule has 164 valence electrons. The van der Waals surface area contributed by atoms with Gasteiger partial charge in [0.25, 0.3) is 0 Å². The molecule has 0 bridgehead atoms. The number of nitrogens with zero attached hydrogens (tertiary/aromatic N) is 3. The van der Waals surface area contributed by atoms with Gasteiger partial charge in [-0.15, -0.1) is 0 Å². The Labute approximate surface area is 184 Å². The molecule has 0 saturated carbocycles. The van der Waals surface area contributed by atoms with Gasteiger partial charge in [0.05, 0.1) is 16.8 Å². The summed E-state index contributed by atoms with van der Waals surface area (Å²) in [5.74, 6) is 1.35. The lowest BCUT2D eigenvalue weighted by atomic mass is 9.88. The predicted molar refractivity (Wildman–Crippen MR) is 120 cm³/mol. The number of alkyl halides is 3. The highest BCUT2D eigenvalue weighted by Crippen LogP contribution is 2.36. The molecule has 0 aliphatic carbocycles. The van der Waals surface area contributed by atoms with E-state index < -0.39 is 11.7 Å². The maximum Gasteiger partial charge on any atom is 0.418 e. The number of nitrogens with one attached hydrogen (secondary N) is 1. The molecule has 0 amide bonds. The second kappa shape index (κ2) is 8.94. The maximum absolute atomic E-state index is 13.4. The third-order valence-corrected chi connectivity index (χ3v) is 5.54. The molecule has 4 aromatic rings. The first kappa shape index (κ1) is 21.7. The summed E-state index contributed by atoms with van der Waals surface area (Å²) in [6, 6.07) is 17.6. The van der Waals surface area contributed by atoms with Crippen molar-refractivity contribution < 1.29 is 13.2 Å². The van der Waals surface area contributed by atoms with Gasteiger partial charge in [-0.2, -0.15) is 13.2 Å². The number of anilines is 1. The summed E-state index contributed by atoms with van der Waals surface area (Å²) in [6.45, 7) is 5.03. The van der Waals surface area contributed by atoms with Crippen molar-refractivity contribution in [2.75, 3.05) is 11.9 Å². The number of fused-ring (bicyclic) bond motifs is 1. The minimum absolute atomic E-state index is 0.112. The van der Waals surface area contributed by atoms with E-state index in [1.807, 2.05) is 18.2 Å². The average Bonchev–Trinajstić information content (AvgIpc) is 2.79. The van der Waals surface area contributed by atoms with E-state index in [-0.39, 0.29) is 11.6 Å². The fourth-order valence-electron chi connectivity index (χ4n) is 3.85. The van der Waals surface area contributed by atoms with Crippen LogP contribution in [-0.2, 0) is 6.18 Å². The number of benzene rings is 2. The zero-order chi connectivity index (χ0) is 22.7. The smallest absolute Gasteiger partial charge is 0.369 e. The SMILES string of the molecule is CC(C)C(CNc1ncnc2cc(-c3ncccc3C(F)(F)F)ccc12)c1ccccc1. The molecule has 4 nitrogen and oxygen atoms in total. The van der Waals surface area contributed by atoms with Crippen LogP contribution in [0.3, 0.4) is 0 Å². The monoisotopic (exact) mass is 436 g/mol. The molecule has 0 fully saturated rings. The second-order valence-corrected chi connectivity index (χ2v) is 7.99. The van der Waals surface area contributed by atoms with E-state index in [1.165, 1.54) is 24.2 Å². The van der Waals surface area contributed by atoms with Gasteiger partial charge in [-0.25, -0.2) is 9.97 Å². The summed E-state index contributed by atoms with van der Waals surface area (Å²) in [6.07, 6.45) is -1.71. The molecule has 0 saturated heterocycles. The van der Waals surface area contributed by atoms with Crippen LogP contribution < -0.4 is 5.32 Å². The van der Waals surface area contributed by atoms with E-state index in [0.29, 0.717) is 29.4 Å². The van der Waals surface area contributed by atoms with Crippen molar-refractivity contribution in [3.63, 3.8) is 0 Å². The molecule has 0 aliphatic heterocycles. The highest BCUT2D eigenvalue weighted by Gasteiger charge is 2.34. The second-order valence-electron chi connectivity index (χ2n) is 7.99. The Hall–Kier alpha value is -3.48. The van der Waals surface area contributed by atoms with Crippen LogP contribution in [0.25, 0.3) is 22.2 Å². The van der Waals surface area contributed by atoms with E-state index in [9.17, 15) is 13.2 Å². The summed E-state index contributed by atoms with van der Waals surface area (Å²) in [5, 5.41) is 4.16. The van der Waals surface area contributed by atoms with Gasteiger partial charge in [-0.3, -0.25) is 4.98 Å². The van der Waals surface area contributed by atoms with Crippen molar-refractivity contribution in [3.8, 4) is 11.3 Å². The summed E-state index contributed by atoms with van der Waals surface area (Å²) in [7, 11) is 0. The number of pyridine rings is 1. The lowest BCUT2D eigenvalue weighted by Gasteiger charge is -2.22. The van der Waals surface area contributed by atoms with Crippen LogP contribution in [0.4, 0.5) is 19.0 Å². The van der Waals surface area contributed by atoms with Gasteiger partial charge < -0.3 is 5.32 Å². The Morgan fingerprint density at radius 3 is 2.41 bits per heavy atom. The zero-order valence-electron chi connectivity index (χ0n) is 17.8. The molecule has 1 atom stereocenters. The Balaban J connectivity index is 1.65. The van der Waals surface area contributed by atoms with E-state index in [4.69, 9.17) is 0 Å². The van der Waals surface area contributed by atoms with Gasteiger partial charge in [0, 0.05) is 29.6 Å². The zero-order valence-corrected chi connectivity index (χ0v) is 17.8. The Kier molecular flexibility index (Phi) is 6.08. The van der Waals surface area contributed by atoms with Crippen molar-refractivity contribution in [2.24, 2.45) is 5.92 Å². The van der Waals surface area contributed by atoms with Crippen molar-refractivity contribution >= 4 is 16.7 Å². The minimum Gasteiger partial charge on any atom is -0.369 e. The largest absolute Gasteiger partial charge is 0.418 e. The van der Waals surface area contributed by atoms with Crippen molar-refractivity contribution in [2.45, 2.75) is 25.9 Å². The third-order valence-electron chi connectivity index (χ3n) is 5.54. The minimum atomic E-state index is -4.49. The van der Waals surface area contributed by atoms with E-state index >= 15 is 0 Å². The summed E-state index contributed by atoms with van der Waals surface area (Å²) in [4.78, 5) is 12.6. The standard InChI is InChI=1S/C25H23F3N4/c1-16(2)20(17-7-4-3-5-8-17)14-30-24-19-11-10-18(13-22(19)31-15-32-24)23-21(25(26,27)28)9-6-12-29-23/h3-13,15-16,20H,14H2,1-2H3,(H,30,31,32). The van der Waals surface area contributed by atoms with Crippen LogP contribution in [-0.4, -0.2) is 21.5 Å². The van der Waals surface area contributed by atoms with Gasteiger partial charge in [-0.05, 0) is 35.7 Å². The normalized spacial score (nSPS) is 12.8. The van der Waals surface area contributed by atoms with Crippen LogP contribution >= 0.6 is 0 Å². The van der Waals surface area contributed by atoms with Crippen molar-refractivity contribution in [1.82, 2.24) is 15.0 Å².